The van der Waals surface area contributed by atoms with Crippen molar-refractivity contribution in [2.75, 3.05) is 0 Å². The molecule has 3 nitrogen and oxygen atoms in total. The van der Waals surface area contributed by atoms with Crippen LogP contribution < -0.4 is 10.1 Å². The summed E-state index contributed by atoms with van der Waals surface area (Å²) in [5.74, 6) is 0.712. The minimum Gasteiger partial charge on any atom is -0.481 e. The fraction of sp³-hybridized carbons (Fsp3) is 0.650. The molecule has 1 N–H and O–H groups in total. The number of nitrogens with one attached hydrogen (secondary N) is 1. The number of carbonyl (C=O) groups is 1. The third-order valence-electron chi connectivity index (χ3n) is 3.85. The normalized spacial score (nSPS) is 13.6. The minimum absolute atomic E-state index is 0.0417. The van der Waals surface area contributed by atoms with E-state index in [4.69, 9.17) is 4.74 Å². The second kappa shape index (κ2) is 7.37. The van der Waals surface area contributed by atoms with Gasteiger partial charge in [0.2, 0.25) is 0 Å². The molecule has 1 rings (SSSR count). The van der Waals surface area contributed by atoms with Crippen molar-refractivity contribution in [2.45, 2.75) is 79.9 Å². The Kier molecular flexibility index (Phi) is 6.26. The Labute approximate surface area is 141 Å². The van der Waals surface area contributed by atoms with Gasteiger partial charge in [0, 0.05) is 5.54 Å². The summed E-state index contributed by atoms with van der Waals surface area (Å²) in [6.07, 6.45) is 1.09. The molecule has 0 aliphatic rings. The number of rotatable bonds is 6. The van der Waals surface area contributed by atoms with Gasteiger partial charge < -0.3 is 10.1 Å². The minimum atomic E-state index is -0.462. The van der Waals surface area contributed by atoms with Gasteiger partial charge in [-0.2, -0.15) is 0 Å². The molecule has 0 fully saturated rings. The van der Waals surface area contributed by atoms with Crippen LogP contribution in [-0.2, 0) is 4.79 Å². The Morgan fingerprint density at radius 3 is 2.22 bits per heavy atom. The third kappa shape index (κ3) is 6.64. The number of hydrogen-bond acceptors (Lipinski definition) is 2. The number of aryl methyl sites for hydroxylation is 2. The molecule has 0 saturated carbocycles. The van der Waals surface area contributed by atoms with Crippen molar-refractivity contribution in [2.24, 2.45) is 5.41 Å². The van der Waals surface area contributed by atoms with Crippen molar-refractivity contribution in [1.29, 1.82) is 0 Å². The first-order valence-electron chi connectivity index (χ1n) is 8.49. The average Bonchev–Trinajstić information content (AvgIpc) is 2.36. The van der Waals surface area contributed by atoms with E-state index in [0.717, 1.165) is 12.2 Å². The maximum absolute atomic E-state index is 12.6. The molecule has 0 aromatic heterocycles. The van der Waals surface area contributed by atoms with Crippen LogP contribution in [-0.4, -0.2) is 17.6 Å². The van der Waals surface area contributed by atoms with Gasteiger partial charge in [0.15, 0.2) is 6.10 Å². The van der Waals surface area contributed by atoms with Gasteiger partial charge in [-0.05, 0) is 69.2 Å². The number of ether oxygens (including phenoxy) is 1. The Hall–Kier alpha value is -1.51. The Balaban J connectivity index is 2.76. The highest BCUT2D eigenvalue weighted by molar-refractivity contribution is 5.81. The highest BCUT2D eigenvalue weighted by Gasteiger charge is 2.30. The SMILES string of the molecule is CC[C@@H](Oc1ccc(C)c(C)c1)C(=O)NC(C)(C)CC(C)(C)C. The lowest BCUT2D eigenvalue weighted by Crippen LogP contribution is -2.50. The molecule has 1 atom stereocenters. The molecule has 0 unspecified atom stereocenters. The monoisotopic (exact) mass is 319 g/mol. The lowest BCUT2D eigenvalue weighted by molar-refractivity contribution is -0.130. The van der Waals surface area contributed by atoms with Crippen LogP contribution in [0.1, 0.15) is 65.5 Å². The topological polar surface area (TPSA) is 38.3 Å². The van der Waals surface area contributed by atoms with Crippen molar-refractivity contribution < 1.29 is 9.53 Å². The van der Waals surface area contributed by atoms with E-state index in [2.05, 4.69) is 53.8 Å². The van der Waals surface area contributed by atoms with E-state index >= 15 is 0 Å². The van der Waals surface area contributed by atoms with Crippen LogP contribution in [0.25, 0.3) is 0 Å². The van der Waals surface area contributed by atoms with Gasteiger partial charge in [-0.3, -0.25) is 4.79 Å². The zero-order valence-corrected chi connectivity index (χ0v) is 16.0. The third-order valence-corrected chi connectivity index (χ3v) is 3.85. The van der Waals surface area contributed by atoms with Crippen LogP contribution in [0.2, 0.25) is 0 Å². The van der Waals surface area contributed by atoms with Gasteiger partial charge in [0.05, 0.1) is 0 Å². The van der Waals surface area contributed by atoms with Gasteiger partial charge >= 0.3 is 0 Å². The summed E-state index contributed by atoms with van der Waals surface area (Å²) < 4.78 is 5.93. The number of amides is 1. The Morgan fingerprint density at radius 1 is 1.13 bits per heavy atom. The summed E-state index contributed by atoms with van der Waals surface area (Å²) in [4.78, 5) is 12.6. The van der Waals surface area contributed by atoms with E-state index in [0.29, 0.717) is 6.42 Å². The highest BCUT2D eigenvalue weighted by atomic mass is 16.5. The van der Waals surface area contributed by atoms with Crippen LogP contribution in [0.15, 0.2) is 18.2 Å². The number of hydrogen-bond donors (Lipinski definition) is 1. The fourth-order valence-corrected chi connectivity index (χ4v) is 3.06. The molecule has 0 spiro atoms. The van der Waals surface area contributed by atoms with E-state index in [9.17, 15) is 4.79 Å². The Morgan fingerprint density at radius 2 is 1.74 bits per heavy atom. The zero-order chi connectivity index (χ0) is 17.8. The summed E-state index contributed by atoms with van der Waals surface area (Å²) in [5.41, 5.74) is 2.30. The molecular formula is C20H33NO2. The van der Waals surface area contributed by atoms with Crippen LogP contribution in [0.3, 0.4) is 0 Å². The molecule has 0 heterocycles. The molecular weight excluding hydrogens is 286 g/mol. The highest BCUT2D eigenvalue weighted by Crippen LogP contribution is 2.27. The zero-order valence-electron chi connectivity index (χ0n) is 16.0. The van der Waals surface area contributed by atoms with Gasteiger partial charge in [-0.25, -0.2) is 0 Å². The van der Waals surface area contributed by atoms with Crippen LogP contribution in [0.4, 0.5) is 0 Å². The Bertz CT molecular complexity index is 541. The summed E-state index contributed by atoms with van der Waals surface area (Å²) in [6, 6.07) is 5.95. The van der Waals surface area contributed by atoms with E-state index in [1.807, 2.05) is 25.1 Å². The van der Waals surface area contributed by atoms with Crippen molar-refractivity contribution in [1.82, 2.24) is 5.32 Å². The van der Waals surface area contributed by atoms with Crippen molar-refractivity contribution in [3.63, 3.8) is 0 Å². The molecule has 1 aromatic rings. The quantitative estimate of drug-likeness (QED) is 0.818. The van der Waals surface area contributed by atoms with Gasteiger partial charge in [-0.1, -0.05) is 33.8 Å². The first-order valence-corrected chi connectivity index (χ1v) is 8.49. The van der Waals surface area contributed by atoms with E-state index in [-0.39, 0.29) is 16.9 Å². The lowest BCUT2D eigenvalue weighted by atomic mass is 9.81. The molecule has 1 amide bonds. The molecule has 1 aromatic carbocycles. The van der Waals surface area contributed by atoms with E-state index in [1.165, 1.54) is 11.1 Å². The fourth-order valence-electron chi connectivity index (χ4n) is 3.06. The lowest BCUT2D eigenvalue weighted by Gasteiger charge is -2.34. The van der Waals surface area contributed by atoms with Crippen molar-refractivity contribution in [3.05, 3.63) is 29.3 Å². The summed E-state index contributed by atoms with van der Waals surface area (Å²) >= 11 is 0. The maximum Gasteiger partial charge on any atom is 0.261 e. The van der Waals surface area contributed by atoms with Gasteiger partial charge in [0.25, 0.3) is 5.91 Å². The molecule has 0 aliphatic carbocycles. The standard InChI is InChI=1S/C20H33NO2/c1-9-17(23-16-11-10-14(2)15(3)12-16)18(22)21-20(7,8)13-19(4,5)6/h10-12,17H,9,13H2,1-8H3,(H,21,22)/t17-/m1/s1. The first kappa shape index (κ1) is 19.5. The molecule has 3 heteroatoms. The molecule has 23 heavy (non-hydrogen) atoms. The molecule has 130 valence electrons. The van der Waals surface area contributed by atoms with Gasteiger partial charge in [0.1, 0.15) is 5.75 Å². The molecule has 0 radical (unpaired) electrons. The molecule has 0 bridgehead atoms. The smallest absolute Gasteiger partial charge is 0.261 e. The van der Waals surface area contributed by atoms with E-state index in [1.54, 1.807) is 0 Å². The van der Waals surface area contributed by atoms with Gasteiger partial charge in [-0.15, -0.1) is 0 Å². The van der Waals surface area contributed by atoms with Crippen molar-refractivity contribution >= 4 is 5.91 Å². The summed E-state index contributed by atoms with van der Waals surface area (Å²) in [5, 5.41) is 3.15. The predicted molar refractivity (Wildman–Crippen MR) is 96.9 cm³/mol. The second-order valence-corrected chi connectivity index (χ2v) is 8.37. The number of benzene rings is 1. The first-order chi connectivity index (χ1) is 10.4. The van der Waals surface area contributed by atoms with Crippen molar-refractivity contribution in [3.8, 4) is 5.75 Å². The molecule has 0 aliphatic heterocycles. The van der Waals surface area contributed by atoms with Crippen LogP contribution >= 0.6 is 0 Å². The van der Waals surface area contributed by atoms with Crippen LogP contribution in [0, 0.1) is 19.3 Å². The summed E-state index contributed by atoms with van der Waals surface area (Å²) in [6.45, 7) is 16.8. The second-order valence-electron chi connectivity index (χ2n) is 8.37. The molecule has 0 saturated heterocycles. The number of carbonyl (C=O) groups excluding carboxylic acids is 1. The maximum atomic E-state index is 12.6. The van der Waals surface area contributed by atoms with E-state index < -0.39 is 6.10 Å². The average molecular weight is 319 g/mol. The largest absolute Gasteiger partial charge is 0.481 e. The predicted octanol–water partition coefficient (Wildman–Crippen LogP) is 4.79. The summed E-state index contributed by atoms with van der Waals surface area (Å²) in [7, 11) is 0. The van der Waals surface area contributed by atoms with Crippen LogP contribution in [0.5, 0.6) is 5.75 Å².